The van der Waals surface area contributed by atoms with Crippen LogP contribution in [-0.2, 0) is 6.42 Å². The summed E-state index contributed by atoms with van der Waals surface area (Å²) in [5.41, 5.74) is 9.69. The Balaban J connectivity index is 0.00000131. The van der Waals surface area contributed by atoms with Gasteiger partial charge >= 0.3 is 0 Å². The third-order valence-electron chi connectivity index (χ3n) is 5.02. The van der Waals surface area contributed by atoms with Crippen LogP contribution in [0.4, 0.5) is 11.4 Å². The molecule has 27 heavy (non-hydrogen) atoms. The van der Waals surface area contributed by atoms with E-state index in [4.69, 9.17) is 5.73 Å². The molecule has 0 radical (unpaired) electrons. The number of thiophene rings is 1. The van der Waals surface area contributed by atoms with Gasteiger partial charge in [0, 0.05) is 38.4 Å². The van der Waals surface area contributed by atoms with Gasteiger partial charge in [-0.2, -0.15) is 0 Å². The maximum atomic E-state index is 9.67. The quantitative estimate of drug-likeness (QED) is 0.567. The Bertz CT molecular complexity index is 769. The smallest absolute Gasteiger partial charge is 0.141 e. The summed E-state index contributed by atoms with van der Waals surface area (Å²) in [5.74, 6) is 0.575. The van der Waals surface area contributed by atoms with Crippen molar-refractivity contribution in [3.63, 3.8) is 0 Å². The molecular weight excluding hydrogens is 403 g/mol. The lowest BCUT2D eigenvalue weighted by Gasteiger charge is -2.23. The highest BCUT2D eigenvalue weighted by Crippen LogP contribution is 2.32. The van der Waals surface area contributed by atoms with Crippen LogP contribution >= 0.6 is 36.2 Å². The van der Waals surface area contributed by atoms with Gasteiger partial charge in [-0.25, -0.2) is 4.99 Å². The van der Waals surface area contributed by atoms with E-state index >= 15 is 0 Å². The number of benzene rings is 1. The molecule has 0 saturated carbocycles. The van der Waals surface area contributed by atoms with Crippen LogP contribution in [-0.4, -0.2) is 54.7 Å². The average molecular weight is 429 g/mol. The van der Waals surface area contributed by atoms with Crippen molar-refractivity contribution >= 4 is 53.4 Å². The summed E-state index contributed by atoms with van der Waals surface area (Å²) < 4.78 is 0. The molecule has 1 fully saturated rings. The first-order valence-corrected chi connectivity index (χ1v) is 9.73. The molecular formula is C19H26Cl2N4OS. The van der Waals surface area contributed by atoms with Crippen LogP contribution in [0.3, 0.4) is 0 Å². The molecule has 148 valence electrons. The molecule has 2 aliphatic rings. The number of fused-ring (bicyclic) bond motifs is 1. The maximum Gasteiger partial charge on any atom is 0.141 e. The SMILES string of the molecule is Cl.Cl.NC(=Nc1ccc2c(c1)N(CCN1CC[C@@H](O)C1)CC2)c1cccs1. The lowest BCUT2D eigenvalue weighted by Crippen LogP contribution is -2.33. The van der Waals surface area contributed by atoms with Gasteiger partial charge in [0.25, 0.3) is 0 Å². The summed E-state index contributed by atoms with van der Waals surface area (Å²) in [6.07, 6.45) is 1.84. The van der Waals surface area contributed by atoms with E-state index < -0.39 is 0 Å². The van der Waals surface area contributed by atoms with Crippen LogP contribution in [0.25, 0.3) is 0 Å². The Morgan fingerprint density at radius 2 is 2.07 bits per heavy atom. The van der Waals surface area contributed by atoms with E-state index in [1.54, 1.807) is 11.3 Å². The summed E-state index contributed by atoms with van der Waals surface area (Å²) in [6, 6.07) is 10.4. The summed E-state index contributed by atoms with van der Waals surface area (Å²) in [7, 11) is 0. The number of nitrogens with zero attached hydrogens (tertiary/aromatic N) is 3. The maximum absolute atomic E-state index is 9.67. The van der Waals surface area contributed by atoms with Gasteiger partial charge < -0.3 is 15.7 Å². The number of aliphatic hydroxyl groups is 1. The molecule has 0 amide bonds. The number of hydrogen-bond donors (Lipinski definition) is 2. The molecule has 2 aromatic rings. The van der Waals surface area contributed by atoms with Gasteiger partial charge in [-0.05, 0) is 42.0 Å². The molecule has 4 rings (SSSR count). The van der Waals surface area contributed by atoms with Crippen molar-refractivity contribution in [3.8, 4) is 0 Å². The molecule has 5 nitrogen and oxygen atoms in total. The van der Waals surface area contributed by atoms with Gasteiger partial charge in [0.2, 0.25) is 0 Å². The number of anilines is 1. The Morgan fingerprint density at radius 1 is 1.22 bits per heavy atom. The van der Waals surface area contributed by atoms with Gasteiger partial charge in [0.05, 0.1) is 16.7 Å². The number of likely N-dealkylation sites (tertiary alicyclic amines) is 1. The third-order valence-corrected chi connectivity index (χ3v) is 5.91. The minimum absolute atomic E-state index is 0. The van der Waals surface area contributed by atoms with E-state index in [9.17, 15) is 5.11 Å². The Kier molecular flexibility index (Phi) is 7.94. The van der Waals surface area contributed by atoms with Crippen molar-refractivity contribution < 1.29 is 5.11 Å². The minimum Gasteiger partial charge on any atom is -0.392 e. The summed E-state index contributed by atoms with van der Waals surface area (Å²) in [6.45, 7) is 4.86. The monoisotopic (exact) mass is 428 g/mol. The fraction of sp³-hybridized carbons (Fsp3) is 0.421. The van der Waals surface area contributed by atoms with Crippen molar-refractivity contribution in [2.24, 2.45) is 10.7 Å². The van der Waals surface area contributed by atoms with Gasteiger partial charge in [0.15, 0.2) is 0 Å². The predicted molar refractivity (Wildman–Crippen MR) is 119 cm³/mol. The molecule has 1 atom stereocenters. The fourth-order valence-corrected chi connectivity index (χ4v) is 4.26. The molecule has 0 unspecified atom stereocenters. The first-order chi connectivity index (χ1) is 12.2. The molecule has 3 heterocycles. The van der Waals surface area contributed by atoms with Crippen LogP contribution in [0.5, 0.6) is 0 Å². The summed E-state index contributed by atoms with van der Waals surface area (Å²) in [4.78, 5) is 10.4. The molecule has 1 aromatic heterocycles. The van der Waals surface area contributed by atoms with E-state index in [-0.39, 0.29) is 30.9 Å². The fourth-order valence-electron chi connectivity index (χ4n) is 3.63. The van der Waals surface area contributed by atoms with Gasteiger partial charge in [0.1, 0.15) is 5.84 Å². The second-order valence-corrected chi connectivity index (χ2v) is 7.72. The second-order valence-electron chi connectivity index (χ2n) is 6.77. The topological polar surface area (TPSA) is 65.1 Å². The number of aliphatic imine (C=N–C) groups is 1. The molecule has 0 spiro atoms. The number of hydrogen-bond acceptors (Lipinski definition) is 5. The molecule has 8 heteroatoms. The third kappa shape index (κ3) is 5.15. The lowest BCUT2D eigenvalue weighted by molar-refractivity contribution is 0.177. The predicted octanol–water partition coefficient (Wildman–Crippen LogP) is 3.06. The molecule has 3 N–H and O–H groups in total. The number of nitrogens with two attached hydrogens (primary N) is 1. The lowest BCUT2D eigenvalue weighted by atomic mass is 10.1. The van der Waals surface area contributed by atoms with Crippen LogP contribution < -0.4 is 10.6 Å². The largest absolute Gasteiger partial charge is 0.392 e. The molecule has 1 aromatic carbocycles. The van der Waals surface area contributed by atoms with E-state index in [0.717, 1.165) is 56.1 Å². The first-order valence-electron chi connectivity index (χ1n) is 8.85. The number of amidine groups is 1. The zero-order valence-corrected chi connectivity index (χ0v) is 17.5. The minimum atomic E-state index is -0.146. The second kappa shape index (κ2) is 9.75. The highest BCUT2D eigenvalue weighted by atomic mass is 35.5. The van der Waals surface area contributed by atoms with Crippen LogP contribution in [0.2, 0.25) is 0 Å². The molecule has 0 bridgehead atoms. The average Bonchev–Trinajstić information content (AvgIpc) is 3.34. The van der Waals surface area contributed by atoms with E-state index in [1.807, 2.05) is 17.5 Å². The van der Waals surface area contributed by atoms with Crippen molar-refractivity contribution in [1.82, 2.24) is 4.90 Å². The number of rotatable bonds is 5. The van der Waals surface area contributed by atoms with Gasteiger partial charge in [-0.1, -0.05) is 12.1 Å². The molecule has 1 saturated heterocycles. The van der Waals surface area contributed by atoms with Crippen molar-refractivity contribution in [2.75, 3.05) is 37.6 Å². The Morgan fingerprint density at radius 3 is 2.78 bits per heavy atom. The Labute approximate surface area is 176 Å². The molecule has 0 aliphatic carbocycles. The van der Waals surface area contributed by atoms with E-state index in [0.29, 0.717) is 5.84 Å². The van der Waals surface area contributed by atoms with E-state index in [1.165, 1.54) is 11.3 Å². The Hall–Kier alpha value is -1.31. The molecule has 2 aliphatic heterocycles. The number of β-amino-alcohol motifs (C(OH)–C–C–N with tert-alkyl or cyclic N) is 1. The van der Waals surface area contributed by atoms with Crippen LogP contribution in [0.15, 0.2) is 40.7 Å². The van der Waals surface area contributed by atoms with Crippen molar-refractivity contribution in [2.45, 2.75) is 18.9 Å². The zero-order chi connectivity index (χ0) is 17.2. The number of aliphatic hydroxyl groups excluding tert-OH is 1. The van der Waals surface area contributed by atoms with E-state index in [2.05, 4.69) is 33.0 Å². The van der Waals surface area contributed by atoms with Crippen molar-refractivity contribution in [3.05, 3.63) is 46.2 Å². The summed E-state index contributed by atoms with van der Waals surface area (Å²) >= 11 is 1.61. The highest BCUT2D eigenvalue weighted by molar-refractivity contribution is 7.12. The normalized spacial score (nSPS) is 19.5. The zero-order valence-electron chi connectivity index (χ0n) is 15.1. The highest BCUT2D eigenvalue weighted by Gasteiger charge is 2.23. The number of halogens is 2. The van der Waals surface area contributed by atoms with Gasteiger partial charge in [-0.15, -0.1) is 36.2 Å². The van der Waals surface area contributed by atoms with Crippen LogP contribution in [0.1, 0.15) is 16.9 Å². The van der Waals surface area contributed by atoms with Gasteiger partial charge in [-0.3, -0.25) is 4.90 Å². The van der Waals surface area contributed by atoms with Crippen molar-refractivity contribution in [1.29, 1.82) is 0 Å². The van der Waals surface area contributed by atoms with Crippen LogP contribution in [0, 0.1) is 0 Å². The summed E-state index contributed by atoms with van der Waals surface area (Å²) in [5, 5.41) is 11.7. The first kappa shape index (κ1) is 22.0. The standard InChI is InChI=1S/C19H24N4OS.2ClH/c20-19(18-2-1-11-25-18)21-15-4-3-14-5-8-23(17(14)12-15)10-9-22-7-6-16(24)13-22;;/h1-4,11-12,16,24H,5-10,13H2,(H2,20,21);2*1H/t16-;;/m1../s1.